The van der Waals surface area contributed by atoms with Gasteiger partial charge in [-0.2, -0.15) is 13.9 Å². The molecule has 0 amide bonds. The van der Waals surface area contributed by atoms with Gasteiger partial charge < -0.3 is 4.98 Å². The number of aryl methyl sites for hydroxylation is 2. The molecule has 106 valence electrons. The highest BCUT2D eigenvalue weighted by Crippen LogP contribution is 2.27. The van der Waals surface area contributed by atoms with Gasteiger partial charge in [-0.15, -0.1) is 0 Å². The summed E-state index contributed by atoms with van der Waals surface area (Å²) in [6.07, 6.45) is -3.16. The molecule has 0 atom stereocenters. The maximum Gasteiger partial charge on any atom is 0.325 e. The number of aromatic amines is 1. The van der Waals surface area contributed by atoms with Gasteiger partial charge in [0, 0.05) is 7.05 Å². The number of imidazole rings is 1. The second kappa shape index (κ2) is 4.62. The first-order chi connectivity index (χ1) is 8.77. The van der Waals surface area contributed by atoms with Crippen LogP contribution in [0.15, 0.2) is 0 Å². The van der Waals surface area contributed by atoms with Crippen LogP contribution in [0.4, 0.5) is 17.6 Å². The Morgan fingerprint density at radius 3 is 2.58 bits per heavy atom. The Kier molecular flexibility index (Phi) is 3.41. The lowest BCUT2D eigenvalue weighted by Crippen LogP contribution is -2.32. The molecule has 19 heavy (non-hydrogen) atoms. The topological polar surface area (TPSA) is 38.5 Å². The van der Waals surface area contributed by atoms with E-state index in [-0.39, 0.29) is 4.77 Å². The van der Waals surface area contributed by atoms with Gasteiger partial charge in [0.1, 0.15) is 5.52 Å². The molecule has 2 rings (SSSR count). The summed E-state index contributed by atoms with van der Waals surface area (Å²) in [6, 6.07) is 0. The van der Waals surface area contributed by atoms with E-state index in [2.05, 4.69) is 10.1 Å². The molecule has 0 saturated heterocycles. The van der Waals surface area contributed by atoms with E-state index < -0.39 is 18.9 Å². The number of hydrogen-bond donors (Lipinski definition) is 1. The molecule has 0 aliphatic rings. The molecule has 0 unspecified atom stereocenters. The van der Waals surface area contributed by atoms with Gasteiger partial charge in [-0.3, -0.25) is 9.25 Å². The molecular weight excluding hydrogens is 284 g/mol. The molecular formula is C10H12F4N4S. The molecule has 0 radical (unpaired) electrons. The Morgan fingerprint density at radius 2 is 2.05 bits per heavy atom. The zero-order chi connectivity index (χ0) is 14.4. The Hall–Kier alpha value is -1.38. The monoisotopic (exact) mass is 296 g/mol. The van der Waals surface area contributed by atoms with Crippen molar-refractivity contribution in [2.24, 2.45) is 7.05 Å². The zero-order valence-electron chi connectivity index (χ0n) is 10.3. The van der Waals surface area contributed by atoms with Crippen LogP contribution in [-0.4, -0.2) is 31.7 Å². The van der Waals surface area contributed by atoms with Gasteiger partial charge in [-0.05, 0) is 18.6 Å². The molecule has 2 heterocycles. The van der Waals surface area contributed by atoms with E-state index in [1.54, 1.807) is 7.05 Å². The average Bonchev–Trinajstić information content (AvgIpc) is 2.78. The summed E-state index contributed by atoms with van der Waals surface area (Å²) in [6.45, 7) is 0.677. The highest BCUT2D eigenvalue weighted by Gasteiger charge is 2.42. The van der Waals surface area contributed by atoms with Crippen LogP contribution >= 0.6 is 12.2 Å². The Labute approximate surface area is 111 Å². The van der Waals surface area contributed by atoms with Crippen LogP contribution in [-0.2, 0) is 20.0 Å². The summed E-state index contributed by atoms with van der Waals surface area (Å²) in [4.78, 5) is 2.75. The maximum atomic E-state index is 13.2. The standard InChI is InChI=1S/C10H12F4N4S/c1-3-5-6-7(17(2)16-5)18(9(19)15-6)4-10(13,14)8(11)12/h8H,3-4H2,1-2H3,(H,15,19). The van der Waals surface area contributed by atoms with Crippen LogP contribution in [0.1, 0.15) is 12.6 Å². The molecule has 0 spiro atoms. The Morgan fingerprint density at radius 1 is 1.42 bits per heavy atom. The van der Waals surface area contributed by atoms with E-state index in [0.29, 0.717) is 23.3 Å². The molecule has 0 bridgehead atoms. The number of hydrogen-bond acceptors (Lipinski definition) is 2. The molecule has 2 aromatic heterocycles. The largest absolute Gasteiger partial charge is 0.328 e. The van der Waals surface area contributed by atoms with Gasteiger partial charge in [-0.1, -0.05) is 6.92 Å². The van der Waals surface area contributed by atoms with E-state index in [4.69, 9.17) is 12.2 Å². The van der Waals surface area contributed by atoms with Crippen LogP contribution < -0.4 is 0 Å². The quantitative estimate of drug-likeness (QED) is 0.696. The van der Waals surface area contributed by atoms with Crippen LogP contribution in [0.2, 0.25) is 0 Å². The van der Waals surface area contributed by atoms with Crippen molar-refractivity contribution in [2.45, 2.75) is 32.2 Å². The second-order valence-corrected chi connectivity index (χ2v) is 4.59. The number of alkyl halides is 4. The van der Waals surface area contributed by atoms with Crippen molar-refractivity contribution in [2.75, 3.05) is 0 Å². The third-order valence-corrected chi connectivity index (χ3v) is 3.17. The van der Waals surface area contributed by atoms with Crippen LogP contribution in [0, 0.1) is 4.77 Å². The zero-order valence-corrected chi connectivity index (χ0v) is 11.1. The number of halogens is 4. The first kappa shape index (κ1) is 14.0. The van der Waals surface area contributed by atoms with Crippen LogP contribution in [0.25, 0.3) is 11.2 Å². The molecule has 0 aliphatic carbocycles. The predicted octanol–water partition coefficient (Wildman–Crippen LogP) is 2.90. The molecule has 2 aromatic rings. The fourth-order valence-corrected chi connectivity index (χ4v) is 2.20. The van der Waals surface area contributed by atoms with Crippen LogP contribution in [0.3, 0.4) is 0 Å². The summed E-state index contributed by atoms with van der Waals surface area (Å²) >= 11 is 4.92. The molecule has 1 N–H and O–H groups in total. The van der Waals surface area contributed by atoms with E-state index in [0.717, 1.165) is 4.57 Å². The highest BCUT2D eigenvalue weighted by molar-refractivity contribution is 7.71. The van der Waals surface area contributed by atoms with E-state index in [1.807, 2.05) is 6.92 Å². The second-order valence-electron chi connectivity index (χ2n) is 4.20. The van der Waals surface area contributed by atoms with Crippen molar-refractivity contribution in [3.8, 4) is 0 Å². The Bertz CT molecular complexity index is 654. The summed E-state index contributed by atoms with van der Waals surface area (Å²) < 4.78 is 53.2. The third kappa shape index (κ3) is 2.26. The Balaban J connectivity index is 2.58. The lowest BCUT2D eigenvalue weighted by Gasteiger charge is -2.16. The van der Waals surface area contributed by atoms with E-state index in [9.17, 15) is 17.6 Å². The molecule has 4 nitrogen and oxygen atoms in total. The van der Waals surface area contributed by atoms with Crippen molar-refractivity contribution in [3.63, 3.8) is 0 Å². The molecule has 0 aromatic carbocycles. The summed E-state index contributed by atoms with van der Waals surface area (Å²) in [5.74, 6) is -4.13. The number of fused-ring (bicyclic) bond motifs is 1. The number of nitrogens with one attached hydrogen (secondary N) is 1. The maximum absolute atomic E-state index is 13.2. The fraction of sp³-hybridized carbons (Fsp3) is 0.600. The van der Waals surface area contributed by atoms with Crippen LogP contribution in [0.5, 0.6) is 0 Å². The number of H-pyrrole nitrogens is 1. The van der Waals surface area contributed by atoms with E-state index >= 15 is 0 Å². The number of nitrogens with zero attached hydrogens (tertiary/aromatic N) is 3. The van der Waals surface area contributed by atoms with Crippen molar-refractivity contribution in [3.05, 3.63) is 10.5 Å². The SMILES string of the molecule is CCc1nn(C)c2c1[nH]c(=S)n2CC(F)(F)C(F)F. The first-order valence-electron chi connectivity index (χ1n) is 5.58. The third-order valence-electron chi connectivity index (χ3n) is 2.85. The van der Waals surface area contributed by atoms with Crippen molar-refractivity contribution in [1.82, 2.24) is 19.3 Å². The minimum atomic E-state index is -4.13. The smallest absolute Gasteiger partial charge is 0.325 e. The number of aromatic nitrogens is 4. The van der Waals surface area contributed by atoms with Gasteiger partial charge in [0.05, 0.1) is 12.2 Å². The van der Waals surface area contributed by atoms with Gasteiger partial charge in [-0.25, -0.2) is 8.78 Å². The predicted molar refractivity (Wildman–Crippen MR) is 64.2 cm³/mol. The normalized spacial score (nSPS) is 12.8. The van der Waals surface area contributed by atoms with Crippen molar-refractivity contribution >= 4 is 23.4 Å². The molecule has 0 aliphatic heterocycles. The minimum Gasteiger partial charge on any atom is -0.328 e. The summed E-state index contributed by atoms with van der Waals surface area (Å²) in [5, 5.41) is 4.13. The molecule has 9 heteroatoms. The summed E-state index contributed by atoms with van der Waals surface area (Å²) in [5.41, 5.74) is 1.46. The lowest BCUT2D eigenvalue weighted by atomic mass is 10.3. The average molecular weight is 296 g/mol. The fourth-order valence-electron chi connectivity index (χ4n) is 1.95. The summed E-state index contributed by atoms with van der Waals surface area (Å²) in [7, 11) is 1.56. The van der Waals surface area contributed by atoms with Gasteiger partial charge in [0.25, 0.3) is 0 Å². The van der Waals surface area contributed by atoms with Gasteiger partial charge >= 0.3 is 12.3 Å². The van der Waals surface area contributed by atoms with Gasteiger partial charge in [0.15, 0.2) is 10.4 Å². The number of rotatable bonds is 4. The lowest BCUT2D eigenvalue weighted by molar-refractivity contribution is -0.137. The van der Waals surface area contributed by atoms with E-state index in [1.165, 1.54) is 4.68 Å². The minimum absolute atomic E-state index is 0.0157. The first-order valence-corrected chi connectivity index (χ1v) is 5.99. The van der Waals surface area contributed by atoms with Crippen molar-refractivity contribution < 1.29 is 17.6 Å². The molecule has 0 saturated carbocycles. The molecule has 0 fully saturated rings. The highest BCUT2D eigenvalue weighted by atomic mass is 32.1. The van der Waals surface area contributed by atoms with Gasteiger partial charge in [0.2, 0.25) is 0 Å². The van der Waals surface area contributed by atoms with Crippen molar-refractivity contribution in [1.29, 1.82) is 0 Å².